The van der Waals surface area contributed by atoms with E-state index in [-0.39, 0.29) is 16.8 Å². The van der Waals surface area contributed by atoms with Crippen LogP contribution in [0.4, 0.5) is 5.69 Å². The zero-order valence-electron chi connectivity index (χ0n) is 13.4. The zero-order chi connectivity index (χ0) is 16.8. The van der Waals surface area contributed by atoms with E-state index in [1.165, 1.54) is 0 Å². The number of methoxy groups -OCH3 is 1. The second kappa shape index (κ2) is 7.83. The van der Waals surface area contributed by atoms with Gasteiger partial charge in [0.25, 0.3) is 0 Å². The van der Waals surface area contributed by atoms with Crippen LogP contribution in [0.15, 0.2) is 42.5 Å². The van der Waals surface area contributed by atoms with Gasteiger partial charge in [-0.15, -0.1) is 0 Å². The molecule has 120 valence electrons. The topological polar surface area (TPSA) is 55.4 Å². The van der Waals surface area contributed by atoms with Crippen molar-refractivity contribution in [2.75, 3.05) is 18.2 Å². The second-order valence-corrected chi connectivity index (χ2v) is 6.05. The Hall–Kier alpha value is -2.27. The number of nitrogens with one attached hydrogen (secondary N) is 1. The fraction of sp³-hybridized carbons (Fsp3) is 0.222. The van der Waals surface area contributed by atoms with Crippen molar-refractivity contribution in [3.8, 4) is 5.75 Å². The van der Waals surface area contributed by atoms with Gasteiger partial charge in [-0.2, -0.15) is 0 Å². The van der Waals surface area contributed by atoms with Crippen LogP contribution in [0.25, 0.3) is 0 Å². The number of benzene rings is 2. The normalized spacial score (nSPS) is 10.2. The molecule has 0 unspecified atom stereocenters. The Morgan fingerprint density at radius 2 is 1.78 bits per heavy atom. The molecule has 0 radical (unpaired) electrons. The van der Waals surface area contributed by atoms with Crippen LogP contribution in [0, 0.1) is 13.8 Å². The van der Waals surface area contributed by atoms with Gasteiger partial charge in [0, 0.05) is 11.3 Å². The summed E-state index contributed by atoms with van der Waals surface area (Å²) in [5.74, 6) is 0.586. The van der Waals surface area contributed by atoms with Crippen molar-refractivity contribution in [3.63, 3.8) is 0 Å². The van der Waals surface area contributed by atoms with Gasteiger partial charge in [-0.1, -0.05) is 23.9 Å². The third-order valence-corrected chi connectivity index (χ3v) is 4.44. The molecule has 0 saturated heterocycles. The van der Waals surface area contributed by atoms with Crippen molar-refractivity contribution in [2.45, 2.75) is 13.8 Å². The minimum atomic E-state index is -0.189. The monoisotopic (exact) mass is 329 g/mol. The van der Waals surface area contributed by atoms with Gasteiger partial charge in [0.2, 0.25) is 11.0 Å². The molecular weight excluding hydrogens is 310 g/mol. The molecule has 2 rings (SSSR count). The van der Waals surface area contributed by atoms with Gasteiger partial charge >= 0.3 is 0 Å². The highest BCUT2D eigenvalue weighted by molar-refractivity contribution is 8.14. The predicted octanol–water partition coefficient (Wildman–Crippen LogP) is 3.82. The number of anilines is 1. The summed E-state index contributed by atoms with van der Waals surface area (Å²) in [6.45, 7) is 3.95. The third kappa shape index (κ3) is 4.60. The molecule has 23 heavy (non-hydrogen) atoms. The maximum absolute atomic E-state index is 12.1. The van der Waals surface area contributed by atoms with Crippen molar-refractivity contribution in [1.82, 2.24) is 0 Å². The molecule has 0 fully saturated rings. The number of thioether (sulfide) groups is 1. The van der Waals surface area contributed by atoms with E-state index < -0.39 is 0 Å². The molecule has 0 spiro atoms. The Bertz CT molecular complexity index is 711. The lowest BCUT2D eigenvalue weighted by Gasteiger charge is -2.10. The van der Waals surface area contributed by atoms with E-state index in [0.29, 0.717) is 11.3 Å². The van der Waals surface area contributed by atoms with Gasteiger partial charge in [-0.3, -0.25) is 9.59 Å². The molecule has 1 N–H and O–H groups in total. The van der Waals surface area contributed by atoms with Crippen LogP contribution in [-0.2, 0) is 4.79 Å². The number of ether oxygens (including phenoxy) is 1. The fourth-order valence-electron chi connectivity index (χ4n) is 2.01. The number of rotatable bonds is 5. The maximum atomic E-state index is 12.1. The quantitative estimate of drug-likeness (QED) is 0.906. The van der Waals surface area contributed by atoms with E-state index in [1.807, 2.05) is 32.0 Å². The van der Waals surface area contributed by atoms with Crippen molar-refractivity contribution < 1.29 is 14.3 Å². The minimum Gasteiger partial charge on any atom is -0.497 e. The van der Waals surface area contributed by atoms with Crippen molar-refractivity contribution in [2.24, 2.45) is 0 Å². The molecule has 1 amide bonds. The molecule has 0 bridgehead atoms. The number of carbonyl (C=O) groups excluding carboxylic acids is 2. The summed E-state index contributed by atoms with van der Waals surface area (Å²) < 4.78 is 5.05. The lowest BCUT2D eigenvalue weighted by molar-refractivity contribution is -0.113. The SMILES string of the molecule is COc1ccc(C(=O)SCC(=O)Nc2cccc(C)c2C)cc1. The average molecular weight is 329 g/mol. The molecule has 2 aromatic carbocycles. The van der Waals surface area contributed by atoms with Gasteiger partial charge in [0.1, 0.15) is 5.75 Å². The van der Waals surface area contributed by atoms with Gasteiger partial charge in [-0.25, -0.2) is 0 Å². The Morgan fingerprint density at radius 3 is 2.43 bits per heavy atom. The highest BCUT2D eigenvalue weighted by Crippen LogP contribution is 2.20. The standard InChI is InChI=1S/C18H19NO3S/c1-12-5-4-6-16(13(12)2)19-17(20)11-23-18(21)14-7-9-15(22-3)10-8-14/h4-10H,11H2,1-3H3,(H,19,20). The number of hydrogen-bond acceptors (Lipinski definition) is 4. The van der Waals surface area contributed by atoms with Crippen molar-refractivity contribution in [1.29, 1.82) is 0 Å². The summed E-state index contributed by atoms with van der Waals surface area (Å²) in [4.78, 5) is 24.1. The molecule has 5 heteroatoms. The summed E-state index contributed by atoms with van der Waals surface area (Å²) >= 11 is 0.989. The Morgan fingerprint density at radius 1 is 1.09 bits per heavy atom. The van der Waals surface area contributed by atoms with Crippen LogP contribution in [0.3, 0.4) is 0 Å². The smallest absolute Gasteiger partial charge is 0.234 e. The van der Waals surface area contributed by atoms with E-state index in [1.54, 1.807) is 31.4 Å². The highest BCUT2D eigenvalue weighted by Gasteiger charge is 2.11. The number of aryl methyl sites for hydroxylation is 1. The van der Waals surface area contributed by atoms with Gasteiger partial charge in [0.05, 0.1) is 12.9 Å². The molecule has 0 aliphatic rings. The molecule has 0 aromatic heterocycles. The molecule has 0 heterocycles. The van der Waals surface area contributed by atoms with Crippen LogP contribution in [0.1, 0.15) is 21.5 Å². The zero-order valence-corrected chi connectivity index (χ0v) is 14.2. The highest BCUT2D eigenvalue weighted by atomic mass is 32.2. The minimum absolute atomic E-state index is 0.0816. The first kappa shape index (κ1) is 17.1. The van der Waals surface area contributed by atoms with E-state index in [2.05, 4.69) is 5.32 Å². The van der Waals surface area contributed by atoms with Crippen LogP contribution >= 0.6 is 11.8 Å². The number of amides is 1. The van der Waals surface area contributed by atoms with Gasteiger partial charge in [-0.05, 0) is 55.3 Å². The molecule has 0 aliphatic heterocycles. The second-order valence-electron chi connectivity index (χ2n) is 5.10. The fourth-order valence-corrected chi connectivity index (χ4v) is 2.65. The molecule has 0 saturated carbocycles. The largest absolute Gasteiger partial charge is 0.497 e. The van der Waals surface area contributed by atoms with Crippen molar-refractivity contribution in [3.05, 3.63) is 59.2 Å². The first-order valence-corrected chi connectivity index (χ1v) is 8.17. The van der Waals surface area contributed by atoms with Crippen LogP contribution in [-0.4, -0.2) is 23.9 Å². The van der Waals surface area contributed by atoms with Gasteiger partial charge in [0.15, 0.2) is 0 Å². The molecule has 2 aromatic rings. The van der Waals surface area contributed by atoms with E-state index in [0.717, 1.165) is 28.6 Å². The molecule has 0 atom stereocenters. The van der Waals surface area contributed by atoms with E-state index >= 15 is 0 Å². The summed E-state index contributed by atoms with van der Waals surface area (Å²) in [5, 5.41) is 2.71. The Kier molecular flexibility index (Phi) is 5.82. The summed E-state index contributed by atoms with van der Waals surface area (Å²) in [6.07, 6.45) is 0. The number of carbonyl (C=O) groups is 2. The summed E-state index contributed by atoms with van der Waals surface area (Å²) in [5.41, 5.74) is 3.49. The number of hydrogen-bond donors (Lipinski definition) is 1. The maximum Gasteiger partial charge on any atom is 0.234 e. The lowest BCUT2D eigenvalue weighted by Crippen LogP contribution is -2.16. The van der Waals surface area contributed by atoms with Crippen LogP contribution < -0.4 is 10.1 Å². The van der Waals surface area contributed by atoms with Crippen molar-refractivity contribution >= 4 is 28.5 Å². The third-order valence-electron chi connectivity index (χ3n) is 3.54. The van der Waals surface area contributed by atoms with Crippen LogP contribution in [0.5, 0.6) is 5.75 Å². The lowest BCUT2D eigenvalue weighted by atomic mass is 10.1. The average Bonchev–Trinajstić information content (AvgIpc) is 2.57. The van der Waals surface area contributed by atoms with Crippen LogP contribution in [0.2, 0.25) is 0 Å². The first-order chi connectivity index (χ1) is 11.0. The molecule has 4 nitrogen and oxygen atoms in total. The van der Waals surface area contributed by atoms with E-state index in [4.69, 9.17) is 4.74 Å². The molecular formula is C18H19NO3S. The summed E-state index contributed by atoms with van der Waals surface area (Å²) in [6, 6.07) is 12.6. The van der Waals surface area contributed by atoms with E-state index in [9.17, 15) is 9.59 Å². The molecule has 0 aliphatic carbocycles. The first-order valence-electron chi connectivity index (χ1n) is 7.18. The summed E-state index contributed by atoms with van der Waals surface area (Å²) in [7, 11) is 1.57. The Balaban J connectivity index is 1.90. The predicted molar refractivity (Wildman–Crippen MR) is 94.3 cm³/mol. The Labute approximate surface area is 140 Å². The van der Waals surface area contributed by atoms with Gasteiger partial charge < -0.3 is 10.1 Å².